The lowest BCUT2D eigenvalue weighted by Gasteiger charge is -2.11. The van der Waals surface area contributed by atoms with Crippen LogP contribution in [-0.2, 0) is 0 Å². The van der Waals surface area contributed by atoms with Crippen LogP contribution in [0.3, 0.4) is 0 Å². The molecule has 0 spiro atoms. The number of hydrogen-bond acceptors (Lipinski definition) is 5. The number of nitrogens with two attached hydrogens (primary N) is 1. The number of ether oxygens (including phenoxy) is 2. The molecule has 0 aliphatic carbocycles. The summed E-state index contributed by atoms with van der Waals surface area (Å²) in [5.74, 6) is 1.41. The van der Waals surface area contributed by atoms with Gasteiger partial charge in [-0.1, -0.05) is 11.6 Å². The summed E-state index contributed by atoms with van der Waals surface area (Å²) in [5, 5.41) is 0.480. The zero-order valence-electron chi connectivity index (χ0n) is 10.3. The molecule has 0 saturated carbocycles. The van der Waals surface area contributed by atoms with Crippen molar-refractivity contribution < 1.29 is 9.47 Å². The lowest BCUT2D eigenvalue weighted by atomic mass is 10.1. The van der Waals surface area contributed by atoms with E-state index in [9.17, 15) is 0 Å². The Morgan fingerprint density at radius 3 is 2.42 bits per heavy atom. The molecule has 1 aromatic carbocycles. The van der Waals surface area contributed by atoms with Crippen LogP contribution in [0.1, 0.15) is 0 Å². The molecule has 0 aliphatic rings. The van der Waals surface area contributed by atoms with Gasteiger partial charge in [-0.2, -0.15) is 0 Å². The highest BCUT2D eigenvalue weighted by atomic mass is 79.9. The van der Waals surface area contributed by atoms with Crippen LogP contribution < -0.4 is 15.2 Å². The number of aromatic nitrogens is 2. The van der Waals surface area contributed by atoms with Crippen molar-refractivity contribution in [3.8, 4) is 22.8 Å². The van der Waals surface area contributed by atoms with E-state index >= 15 is 0 Å². The summed E-state index contributed by atoms with van der Waals surface area (Å²) in [7, 11) is 3.10. The van der Waals surface area contributed by atoms with Crippen LogP contribution in [0.4, 0.5) is 5.82 Å². The summed E-state index contributed by atoms with van der Waals surface area (Å²) in [6.45, 7) is 0. The Balaban J connectivity index is 2.58. The average Bonchev–Trinajstić information content (AvgIpc) is 2.41. The quantitative estimate of drug-likeness (QED) is 0.926. The summed E-state index contributed by atoms with van der Waals surface area (Å²) in [5.41, 5.74) is 6.95. The highest BCUT2D eigenvalue weighted by molar-refractivity contribution is 9.10. The smallest absolute Gasteiger partial charge is 0.162 e. The third kappa shape index (κ3) is 2.74. The molecule has 0 unspecified atom stereocenters. The second-order valence-electron chi connectivity index (χ2n) is 3.62. The van der Waals surface area contributed by atoms with Crippen molar-refractivity contribution in [2.24, 2.45) is 0 Å². The Bertz CT molecular complexity index is 622. The minimum Gasteiger partial charge on any atom is -0.493 e. The number of hydrogen-bond donors (Lipinski definition) is 1. The fourth-order valence-electron chi connectivity index (χ4n) is 1.57. The van der Waals surface area contributed by atoms with Crippen LogP contribution >= 0.6 is 27.5 Å². The van der Waals surface area contributed by atoms with Gasteiger partial charge in [-0.25, -0.2) is 9.97 Å². The lowest BCUT2D eigenvalue weighted by molar-refractivity contribution is 0.355. The monoisotopic (exact) mass is 343 g/mol. The van der Waals surface area contributed by atoms with Crippen molar-refractivity contribution in [2.45, 2.75) is 0 Å². The van der Waals surface area contributed by atoms with Crippen molar-refractivity contribution in [3.05, 3.63) is 28.0 Å². The molecule has 0 radical (unpaired) electrons. The fourth-order valence-corrected chi connectivity index (χ4v) is 2.01. The molecule has 2 N–H and O–H groups in total. The zero-order valence-corrected chi connectivity index (χ0v) is 12.6. The number of nitrogens with zero attached hydrogens (tertiary/aromatic N) is 2. The highest BCUT2D eigenvalue weighted by Gasteiger charge is 2.13. The van der Waals surface area contributed by atoms with E-state index < -0.39 is 0 Å². The molecular formula is C12H11BrClN3O2. The van der Waals surface area contributed by atoms with E-state index in [0.717, 1.165) is 0 Å². The van der Waals surface area contributed by atoms with Gasteiger partial charge >= 0.3 is 0 Å². The van der Waals surface area contributed by atoms with Crippen molar-refractivity contribution in [3.63, 3.8) is 0 Å². The predicted molar refractivity (Wildman–Crippen MR) is 77.7 cm³/mol. The Morgan fingerprint density at radius 2 is 1.84 bits per heavy atom. The maximum Gasteiger partial charge on any atom is 0.162 e. The molecule has 5 nitrogen and oxygen atoms in total. The van der Waals surface area contributed by atoms with Gasteiger partial charge in [0.25, 0.3) is 0 Å². The van der Waals surface area contributed by atoms with Crippen LogP contribution in [-0.4, -0.2) is 24.2 Å². The number of benzene rings is 1. The first-order valence-corrected chi connectivity index (χ1v) is 6.43. The standard InChI is InChI=1S/C12H11BrClN3O2/c1-18-9-3-6(7(14)4-10(9)19-2)8-5-16-11(13)12(15)17-8/h3-5H,1-2H3,(H2,15,17). The molecule has 1 aromatic heterocycles. The van der Waals surface area contributed by atoms with Gasteiger partial charge in [0, 0.05) is 11.6 Å². The maximum atomic E-state index is 6.21. The van der Waals surface area contributed by atoms with Gasteiger partial charge in [0.15, 0.2) is 17.3 Å². The fraction of sp³-hybridized carbons (Fsp3) is 0.167. The largest absolute Gasteiger partial charge is 0.493 e. The van der Waals surface area contributed by atoms with E-state index in [1.165, 1.54) is 0 Å². The Kier molecular flexibility index (Phi) is 4.11. The first-order valence-electron chi connectivity index (χ1n) is 5.26. The number of halogens is 2. The maximum absolute atomic E-state index is 6.21. The topological polar surface area (TPSA) is 70.3 Å². The second kappa shape index (κ2) is 5.63. The minimum absolute atomic E-state index is 0.295. The molecule has 0 atom stereocenters. The van der Waals surface area contributed by atoms with Crippen molar-refractivity contribution >= 4 is 33.3 Å². The van der Waals surface area contributed by atoms with Gasteiger partial charge in [-0.3, -0.25) is 0 Å². The van der Waals surface area contributed by atoms with E-state index in [2.05, 4.69) is 25.9 Å². The number of anilines is 1. The summed E-state index contributed by atoms with van der Waals surface area (Å²) >= 11 is 9.40. The van der Waals surface area contributed by atoms with Crippen molar-refractivity contribution in [2.75, 3.05) is 20.0 Å². The summed E-state index contributed by atoms with van der Waals surface area (Å²) in [4.78, 5) is 8.31. The SMILES string of the molecule is COc1cc(Cl)c(-c2cnc(Br)c(N)n2)cc1OC. The molecular weight excluding hydrogens is 334 g/mol. The first-order chi connectivity index (χ1) is 9.06. The van der Waals surface area contributed by atoms with Gasteiger partial charge in [0.05, 0.1) is 31.1 Å². The van der Waals surface area contributed by atoms with E-state index in [1.54, 1.807) is 32.5 Å². The molecule has 19 heavy (non-hydrogen) atoms. The molecule has 100 valence electrons. The first kappa shape index (κ1) is 13.9. The number of methoxy groups -OCH3 is 2. The van der Waals surface area contributed by atoms with Crippen LogP contribution in [0, 0.1) is 0 Å². The molecule has 0 fully saturated rings. The molecule has 0 amide bonds. The number of nitrogen functional groups attached to an aromatic ring is 1. The highest BCUT2D eigenvalue weighted by Crippen LogP contribution is 2.37. The van der Waals surface area contributed by atoms with Gasteiger partial charge in [-0.05, 0) is 22.0 Å². The summed E-state index contributed by atoms with van der Waals surface area (Å²) in [6.07, 6.45) is 1.58. The van der Waals surface area contributed by atoms with Crippen LogP contribution in [0.15, 0.2) is 22.9 Å². The van der Waals surface area contributed by atoms with Crippen LogP contribution in [0.5, 0.6) is 11.5 Å². The second-order valence-corrected chi connectivity index (χ2v) is 4.78. The molecule has 1 heterocycles. The van der Waals surface area contributed by atoms with Crippen molar-refractivity contribution in [1.29, 1.82) is 0 Å². The normalized spacial score (nSPS) is 10.3. The minimum atomic E-state index is 0.295. The Morgan fingerprint density at radius 1 is 1.21 bits per heavy atom. The van der Waals surface area contributed by atoms with Crippen LogP contribution in [0.2, 0.25) is 5.02 Å². The van der Waals surface area contributed by atoms with E-state index in [-0.39, 0.29) is 0 Å². The van der Waals surface area contributed by atoms with Gasteiger partial charge in [-0.15, -0.1) is 0 Å². The van der Waals surface area contributed by atoms with Crippen LogP contribution in [0.25, 0.3) is 11.3 Å². The van der Waals surface area contributed by atoms with E-state index in [1.807, 2.05) is 0 Å². The van der Waals surface area contributed by atoms with Crippen molar-refractivity contribution in [1.82, 2.24) is 9.97 Å². The van der Waals surface area contributed by atoms with E-state index in [4.69, 9.17) is 26.8 Å². The third-order valence-electron chi connectivity index (χ3n) is 2.50. The Labute approximate surface area is 123 Å². The van der Waals surface area contributed by atoms with Gasteiger partial charge < -0.3 is 15.2 Å². The zero-order chi connectivity index (χ0) is 14.0. The average molecular weight is 345 g/mol. The summed E-state index contributed by atoms with van der Waals surface area (Å²) < 4.78 is 10.9. The molecule has 2 aromatic rings. The molecule has 2 rings (SSSR count). The lowest BCUT2D eigenvalue weighted by Crippen LogP contribution is -1.97. The van der Waals surface area contributed by atoms with Gasteiger partial charge in [0.1, 0.15) is 4.60 Å². The van der Waals surface area contributed by atoms with E-state index in [0.29, 0.717) is 38.2 Å². The predicted octanol–water partition coefficient (Wildman–Crippen LogP) is 3.16. The molecule has 0 bridgehead atoms. The van der Waals surface area contributed by atoms with Gasteiger partial charge in [0.2, 0.25) is 0 Å². The summed E-state index contributed by atoms with van der Waals surface area (Å²) in [6, 6.07) is 3.40. The molecule has 7 heteroatoms. The molecule has 0 aliphatic heterocycles. The molecule has 0 saturated heterocycles. The Hall–Kier alpha value is -1.53. The third-order valence-corrected chi connectivity index (χ3v) is 3.43. The number of rotatable bonds is 3.